The summed E-state index contributed by atoms with van der Waals surface area (Å²) >= 11 is 0. The lowest BCUT2D eigenvalue weighted by molar-refractivity contribution is -0.0799. The van der Waals surface area contributed by atoms with E-state index in [9.17, 15) is 0 Å². The Morgan fingerprint density at radius 3 is 2.93 bits per heavy atom. The first-order chi connectivity index (χ1) is 7.21. The van der Waals surface area contributed by atoms with E-state index in [1.807, 2.05) is 0 Å². The molecule has 0 saturated carbocycles. The lowest BCUT2D eigenvalue weighted by atomic mass is 9.92. The van der Waals surface area contributed by atoms with Gasteiger partial charge in [0, 0.05) is 19.0 Å². The predicted octanol–water partition coefficient (Wildman–Crippen LogP) is 0.181. The number of rotatable bonds is 2. The molecule has 1 aromatic rings. The molecule has 1 N–H and O–H groups in total. The van der Waals surface area contributed by atoms with Crippen molar-refractivity contribution in [2.75, 3.05) is 13.2 Å². The summed E-state index contributed by atoms with van der Waals surface area (Å²) in [5, 5.41) is 3.40. The molecule has 1 aliphatic rings. The molecule has 82 valence electrons. The molecule has 1 aliphatic heterocycles. The van der Waals surface area contributed by atoms with Crippen molar-refractivity contribution in [2.45, 2.75) is 31.9 Å². The van der Waals surface area contributed by atoms with Gasteiger partial charge in [-0.25, -0.2) is 15.0 Å². The van der Waals surface area contributed by atoms with Crippen LogP contribution in [0.5, 0.6) is 0 Å². The van der Waals surface area contributed by atoms with Crippen LogP contribution in [-0.2, 0) is 11.2 Å². The van der Waals surface area contributed by atoms with E-state index in [1.54, 1.807) is 0 Å². The second kappa shape index (κ2) is 4.20. The van der Waals surface area contributed by atoms with E-state index < -0.39 is 0 Å². The fourth-order valence-electron chi connectivity index (χ4n) is 1.77. The molecule has 0 bridgehead atoms. The van der Waals surface area contributed by atoms with Crippen LogP contribution in [0.2, 0.25) is 0 Å². The number of morpholine rings is 1. The molecule has 1 fully saturated rings. The Morgan fingerprint density at radius 2 is 2.27 bits per heavy atom. The second-order valence-corrected chi connectivity index (χ2v) is 4.07. The van der Waals surface area contributed by atoms with Gasteiger partial charge in [0.1, 0.15) is 18.5 Å². The highest BCUT2D eigenvalue weighted by Gasteiger charge is 2.35. The van der Waals surface area contributed by atoms with Crippen molar-refractivity contribution in [1.29, 1.82) is 0 Å². The summed E-state index contributed by atoms with van der Waals surface area (Å²) in [4.78, 5) is 12.0. The summed E-state index contributed by atoms with van der Waals surface area (Å²) in [6, 6.07) is 0.308. The minimum Gasteiger partial charge on any atom is -0.372 e. The van der Waals surface area contributed by atoms with Crippen LogP contribution >= 0.6 is 0 Å². The van der Waals surface area contributed by atoms with Crippen molar-refractivity contribution in [1.82, 2.24) is 20.3 Å². The van der Waals surface area contributed by atoms with E-state index >= 15 is 0 Å². The lowest BCUT2D eigenvalue weighted by Crippen LogP contribution is -2.56. The topological polar surface area (TPSA) is 59.9 Å². The maximum atomic E-state index is 5.82. The number of nitrogens with zero attached hydrogens (tertiary/aromatic N) is 3. The van der Waals surface area contributed by atoms with Crippen molar-refractivity contribution < 1.29 is 4.74 Å². The van der Waals surface area contributed by atoms with Gasteiger partial charge in [0.15, 0.2) is 0 Å². The zero-order valence-corrected chi connectivity index (χ0v) is 9.10. The fraction of sp³-hybridized carbons (Fsp3) is 0.700. The molecule has 0 radical (unpaired) electrons. The molecule has 0 aromatic carbocycles. The smallest absolute Gasteiger partial charge is 0.134 e. The number of hydrogen-bond acceptors (Lipinski definition) is 5. The van der Waals surface area contributed by atoms with Gasteiger partial charge in [-0.2, -0.15) is 0 Å². The molecular weight excluding hydrogens is 192 g/mol. The standard InChI is InChI=1S/C10H16N4O/c1-8-10(2,15-4-3-12-8)5-9-13-6-11-7-14-9/h6-8,12H,3-5H2,1-2H3. The zero-order valence-electron chi connectivity index (χ0n) is 9.10. The van der Waals surface area contributed by atoms with Gasteiger partial charge in [0.05, 0.1) is 12.2 Å². The van der Waals surface area contributed by atoms with Crippen LogP contribution in [0.4, 0.5) is 0 Å². The quantitative estimate of drug-likeness (QED) is 0.751. The van der Waals surface area contributed by atoms with Crippen molar-refractivity contribution in [2.24, 2.45) is 0 Å². The van der Waals surface area contributed by atoms with Crippen LogP contribution in [-0.4, -0.2) is 39.7 Å². The van der Waals surface area contributed by atoms with Crippen LogP contribution in [0.3, 0.4) is 0 Å². The first kappa shape index (κ1) is 10.4. The molecule has 2 heterocycles. The molecular formula is C10H16N4O. The highest BCUT2D eigenvalue weighted by Crippen LogP contribution is 2.22. The normalized spacial score (nSPS) is 31.5. The van der Waals surface area contributed by atoms with Gasteiger partial charge in [-0.1, -0.05) is 0 Å². The van der Waals surface area contributed by atoms with Gasteiger partial charge in [-0.05, 0) is 13.8 Å². The minimum absolute atomic E-state index is 0.223. The highest BCUT2D eigenvalue weighted by molar-refractivity contribution is 4.98. The van der Waals surface area contributed by atoms with Crippen LogP contribution in [0.25, 0.3) is 0 Å². The molecule has 2 unspecified atom stereocenters. The first-order valence-electron chi connectivity index (χ1n) is 5.19. The molecule has 15 heavy (non-hydrogen) atoms. The number of ether oxygens (including phenoxy) is 1. The number of aromatic nitrogens is 3. The summed E-state index contributed by atoms with van der Waals surface area (Å²) in [5.41, 5.74) is -0.223. The van der Waals surface area contributed by atoms with Crippen molar-refractivity contribution >= 4 is 0 Å². The molecule has 1 aromatic heterocycles. The predicted molar refractivity (Wildman–Crippen MR) is 55.4 cm³/mol. The van der Waals surface area contributed by atoms with Crippen LogP contribution in [0.15, 0.2) is 12.7 Å². The second-order valence-electron chi connectivity index (χ2n) is 4.07. The average Bonchev–Trinajstić information content (AvgIpc) is 2.24. The van der Waals surface area contributed by atoms with Crippen LogP contribution in [0.1, 0.15) is 19.7 Å². The van der Waals surface area contributed by atoms with Crippen LogP contribution in [0, 0.1) is 0 Å². The number of hydrogen-bond donors (Lipinski definition) is 1. The summed E-state index contributed by atoms with van der Waals surface area (Å²) in [6.07, 6.45) is 3.75. The highest BCUT2D eigenvalue weighted by atomic mass is 16.5. The lowest BCUT2D eigenvalue weighted by Gasteiger charge is -2.39. The summed E-state index contributed by atoms with van der Waals surface area (Å²) in [6.45, 7) is 5.87. The Kier molecular flexibility index (Phi) is 2.93. The van der Waals surface area contributed by atoms with E-state index in [0.29, 0.717) is 12.5 Å². The van der Waals surface area contributed by atoms with Gasteiger partial charge in [0.25, 0.3) is 0 Å². The summed E-state index contributed by atoms with van der Waals surface area (Å²) < 4.78 is 5.82. The molecule has 5 heteroatoms. The van der Waals surface area contributed by atoms with Crippen molar-refractivity contribution in [3.63, 3.8) is 0 Å². The zero-order chi connectivity index (χ0) is 10.7. The van der Waals surface area contributed by atoms with Crippen molar-refractivity contribution in [3.05, 3.63) is 18.5 Å². The van der Waals surface area contributed by atoms with Crippen molar-refractivity contribution in [3.8, 4) is 0 Å². The van der Waals surface area contributed by atoms with Gasteiger partial charge in [0.2, 0.25) is 0 Å². The third kappa shape index (κ3) is 2.30. The largest absolute Gasteiger partial charge is 0.372 e. The van der Waals surface area contributed by atoms with Gasteiger partial charge in [-0.3, -0.25) is 0 Å². The Bertz CT molecular complexity index is 318. The Hall–Kier alpha value is -1.07. The molecule has 0 amide bonds. The molecule has 0 aliphatic carbocycles. The Labute approximate surface area is 89.3 Å². The van der Waals surface area contributed by atoms with E-state index in [4.69, 9.17) is 4.74 Å². The molecule has 5 nitrogen and oxygen atoms in total. The molecule has 2 atom stereocenters. The third-order valence-corrected chi connectivity index (χ3v) is 2.96. The van der Waals surface area contributed by atoms with Crippen LogP contribution < -0.4 is 5.32 Å². The summed E-state index contributed by atoms with van der Waals surface area (Å²) in [7, 11) is 0. The first-order valence-corrected chi connectivity index (χ1v) is 5.19. The fourth-order valence-corrected chi connectivity index (χ4v) is 1.77. The Morgan fingerprint density at radius 1 is 1.53 bits per heavy atom. The molecule has 1 saturated heterocycles. The molecule has 0 spiro atoms. The maximum absolute atomic E-state index is 5.82. The Balaban J connectivity index is 2.09. The van der Waals surface area contributed by atoms with Gasteiger partial charge < -0.3 is 10.1 Å². The number of nitrogens with one attached hydrogen (secondary N) is 1. The van der Waals surface area contributed by atoms with Gasteiger partial charge >= 0.3 is 0 Å². The maximum Gasteiger partial charge on any atom is 0.134 e. The van der Waals surface area contributed by atoms with E-state index in [2.05, 4.69) is 34.1 Å². The minimum atomic E-state index is -0.223. The average molecular weight is 208 g/mol. The summed E-state index contributed by atoms with van der Waals surface area (Å²) in [5.74, 6) is 0.781. The monoisotopic (exact) mass is 208 g/mol. The van der Waals surface area contributed by atoms with E-state index in [1.165, 1.54) is 12.7 Å². The van der Waals surface area contributed by atoms with Gasteiger partial charge in [-0.15, -0.1) is 0 Å². The third-order valence-electron chi connectivity index (χ3n) is 2.96. The SMILES string of the molecule is CC1NCCOC1(C)Cc1ncncn1. The van der Waals surface area contributed by atoms with E-state index in [0.717, 1.165) is 19.0 Å². The van der Waals surface area contributed by atoms with E-state index in [-0.39, 0.29) is 5.60 Å². The molecule has 2 rings (SSSR count).